The number of hydrogen-bond donors (Lipinski definition) is 0. The van der Waals surface area contributed by atoms with Crippen LogP contribution in [0.25, 0.3) is 16.6 Å². The van der Waals surface area contributed by atoms with E-state index >= 15 is 0 Å². The van der Waals surface area contributed by atoms with Gasteiger partial charge in [0.2, 0.25) is 0 Å². The summed E-state index contributed by atoms with van der Waals surface area (Å²) in [6.07, 6.45) is 7.93. The molecule has 2 aliphatic heterocycles. The first-order valence-electron chi connectivity index (χ1n) is 10.6. The van der Waals surface area contributed by atoms with Gasteiger partial charge in [-0.2, -0.15) is 0 Å². The van der Waals surface area contributed by atoms with Crippen molar-refractivity contribution >= 4 is 22.3 Å². The fourth-order valence-electron chi connectivity index (χ4n) is 3.87. The van der Waals surface area contributed by atoms with Crippen LogP contribution in [0.3, 0.4) is 0 Å². The molecule has 0 saturated carbocycles. The standard InChI is InChI=1S/C21H26N4O2.C2H6/c1-3-5-17(6-4-2)18-11-19-21(23-27-22-19)20(12-18)25-14-16(15-25)13-24-7-9-26-10-8-24;1-2/h3-6,11-12,16H,1,7-10,13-15H2,2H3;1-2H3/b6-4-,17-5+;. The highest BCUT2D eigenvalue weighted by Gasteiger charge is 2.31. The summed E-state index contributed by atoms with van der Waals surface area (Å²) in [6.45, 7) is 16.8. The lowest BCUT2D eigenvalue weighted by Crippen LogP contribution is -2.53. The van der Waals surface area contributed by atoms with Crippen LogP contribution in [0.1, 0.15) is 26.3 Å². The lowest BCUT2D eigenvalue weighted by molar-refractivity contribution is 0.0286. The Morgan fingerprint density at radius 3 is 2.66 bits per heavy atom. The van der Waals surface area contributed by atoms with E-state index in [2.05, 4.69) is 38.8 Å². The highest BCUT2D eigenvalue weighted by Crippen LogP contribution is 2.34. The van der Waals surface area contributed by atoms with E-state index in [9.17, 15) is 0 Å². The molecular formula is C23H32N4O2. The summed E-state index contributed by atoms with van der Waals surface area (Å²) in [4.78, 5) is 4.88. The average molecular weight is 397 g/mol. The molecule has 2 fully saturated rings. The van der Waals surface area contributed by atoms with Crippen molar-refractivity contribution in [3.8, 4) is 0 Å². The molecule has 0 atom stereocenters. The summed E-state index contributed by atoms with van der Waals surface area (Å²) >= 11 is 0. The second kappa shape index (κ2) is 10.4. The molecular weight excluding hydrogens is 364 g/mol. The molecule has 0 aliphatic carbocycles. The third kappa shape index (κ3) is 4.95. The van der Waals surface area contributed by atoms with Gasteiger partial charge in [0.25, 0.3) is 0 Å². The molecule has 0 spiro atoms. The summed E-state index contributed by atoms with van der Waals surface area (Å²) in [6, 6.07) is 4.21. The Hall–Kier alpha value is -2.44. The molecule has 3 heterocycles. The predicted octanol–water partition coefficient (Wildman–Crippen LogP) is 4.16. The van der Waals surface area contributed by atoms with Crippen LogP contribution in [0.4, 0.5) is 5.69 Å². The molecule has 4 rings (SSSR count). The van der Waals surface area contributed by atoms with Crippen LogP contribution >= 0.6 is 0 Å². The summed E-state index contributed by atoms with van der Waals surface area (Å²) in [7, 11) is 0. The number of morpholine rings is 1. The van der Waals surface area contributed by atoms with E-state index in [1.807, 2.05) is 45.1 Å². The second-order valence-corrected chi connectivity index (χ2v) is 7.17. The van der Waals surface area contributed by atoms with Gasteiger partial charge in [-0.15, -0.1) is 0 Å². The monoisotopic (exact) mass is 396 g/mol. The normalized spacial score (nSPS) is 18.6. The average Bonchev–Trinajstić information content (AvgIpc) is 3.21. The minimum Gasteiger partial charge on any atom is -0.379 e. The summed E-state index contributed by atoms with van der Waals surface area (Å²) in [5.74, 6) is 0.681. The number of rotatable bonds is 6. The van der Waals surface area contributed by atoms with E-state index in [0.717, 1.165) is 73.8 Å². The van der Waals surface area contributed by atoms with Gasteiger partial charge >= 0.3 is 0 Å². The number of benzene rings is 1. The number of aromatic nitrogens is 2. The Labute approximate surface area is 173 Å². The van der Waals surface area contributed by atoms with Crippen molar-refractivity contribution in [1.82, 2.24) is 15.2 Å². The topological polar surface area (TPSA) is 54.6 Å². The van der Waals surface area contributed by atoms with Gasteiger partial charge in [-0.25, -0.2) is 4.63 Å². The van der Waals surface area contributed by atoms with Gasteiger partial charge in [0, 0.05) is 38.6 Å². The molecule has 0 amide bonds. The number of ether oxygens (including phenoxy) is 1. The molecule has 0 radical (unpaired) electrons. The zero-order valence-electron chi connectivity index (χ0n) is 17.8. The van der Waals surface area contributed by atoms with Gasteiger partial charge in [-0.05, 0) is 40.5 Å². The van der Waals surface area contributed by atoms with Gasteiger partial charge < -0.3 is 9.64 Å². The fourth-order valence-corrected chi connectivity index (χ4v) is 3.87. The van der Waals surface area contributed by atoms with E-state index in [1.165, 1.54) is 0 Å². The van der Waals surface area contributed by atoms with Gasteiger partial charge in [0.15, 0.2) is 5.52 Å². The summed E-state index contributed by atoms with van der Waals surface area (Å²) in [5.41, 5.74) is 4.92. The van der Waals surface area contributed by atoms with Gasteiger partial charge in [-0.3, -0.25) is 4.90 Å². The first-order valence-corrected chi connectivity index (χ1v) is 10.6. The van der Waals surface area contributed by atoms with Crippen molar-refractivity contribution in [3.05, 3.63) is 48.6 Å². The SMILES string of the molecule is C=C/C=C(\C=C/C)c1cc(N2CC(CN3CCOCC3)C2)c2nonc2c1.CC. The van der Waals surface area contributed by atoms with Crippen molar-refractivity contribution in [2.75, 3.05) is 50.8 Å². The first-order chi connectivity index (χ1) is 14.3. The Bertz CT molecular complexity index is 859. The molecule has 0 N–H and O–H groups in total. The molecule has 156 valence electrons. The van der Waals surface area contributed by atoms with Crippen LogP contribution in [-0.2, 0) is 4.74 Å². The maximum absolute atomic E-state index is 5.44. The van der Waals surface area contributed by atoms with Crippen LogP contribution in [0.15, 0.2) is 47.6 Å². The molecule has 29 heavy (non-hydrogen) atoms. The van der Waals surface area contributed by atoms with Crippen molar-refractivity contribution in [2.24, 2.45) is 5.92 Å². The Kier molecular flexibility index (Phi) is 7.61. The van der Waals surface area contributed by atoms with Crippen LogP contribution in [0, 0.1) is 5.92 Å². The maximum Gasteiger partial charge on any atom is 0.158 e. The lowest BCUT2D eigenvalue weighted by atomic mass is 9.96. The van der Waals surface area contributed by atoms with E-state index in [4.69, 9.17) is 9.37 Å². The third-order valence-corrected chi connectivity index (χ3v) is 5.24. The van der Waals surface area contributed by atoms with Gasteiger partial charge in [0.05, 0.1) is 18.9 Å². The van der Waals surface area contributed by atoms with Crippen LogP contribution < -0.4 is 4.90 Å². The Balaban J connectivity index is 0.00000117. The Morgan fingerprint density at radius 1 is 1.21 bits per heavy atom. The fraction of sp³-hybridized carbons (Fsp3) is 0.478. The van der Waals surface area contributed by atoms with Gasteiger partial charge in [-0.1, -0.05) is 44.7 Å². The number of hydrogen-bond acceptors (Lipinski definition) is 6. The maximum atomic E-state index is 5.44. The molecule has 2 saturated heterocycles. The van der Waals surface area contributed by atoms with Crippen molar-refractivity contribution in [2.45, 2.75) is 20.8 Å². The number of nitrogens with zero attached hydrogens (tertiary/aromatic N) is 4. The molecule has 2 aromatic rings. The predicted molar refractivity (Wildman–Crippen MR) is 119 cm³/mol. The number of fused-ring (bicyclic) bond motifs is 1. The van der Waals surface area contributed by atoms with Crippen molar-refractivity contribution in [1.29, 1.82) is 0 Å². The zero-order chi connectivity index (χ0) is 20.6. The highest BCUT2D eigenvalue weighted by atomic mass is 16.6. The molecule has 2 aliphatic rings. The largest absolute Gasteiger partial charge is 0.379 e. The first kappa shape index (κ1) is 21.3. The summed E-state index contributed by atoms with van der Waals surface area (Å²) in [5, 5.41) is 8.23. The minimum atomic E-state index is 0.681. The highest BCUT2D eigenvalue weighted by molar-refractivity contribution is 5.93. The Morgan fingerprint density at radius 2 is 1.97 bits per heavy atom. The molecule has 1 aromatic heterocycles. The molecule has 6 heteroatoms. The minimum absolute atomic E-state index is 0.681. The molecule has 6 nitrogen and oxygen atoms in total. The van der Waals surface area contributed by atoms with Crippen LogP contribution in [0.5, 0.6) is 0 Å². The van der Waals surface area contributed by atoms with Crippen LogP contribution in [0.2, 0.25) is 0 Å². The van der Waals surface area contributed by atoms with Crippen LogP contribution in [-0.4, -0.2) is 61.2 Å². The van der Waals surface area contributed by atoms with E-state index in [0.29, 0.717) is 5.92 Å². The second-order valence-electron chi connectivity index (χ2n) is 7.17. The van der Waals surface area contributed by atoms with Crippen molar-refractivity contribution in [3.63, 3.8) is 0 Å². The van der Waals surface area contributed by atoms with E-state index < -0.39 is 0 Å². The lowest BCUT2D eigenvalue weighted by Gasteiger charge is -2.43. The number of anilines is 1. The molecule has 1 aromatic carbocycles. The molecule has 0 bridgehead atoms. The number of allylic oxidation sites excluding steroid dienone is 5. The van der Waals surface area contributed by atoms with E-state index in [-0.39, 0.29) is 0 Å². The van der Waals surface area contributed by atoms with Crippen molar-refractivity contribution < 1.29 is 9.37 Å². The third-order valence-electron chi connectivity index (χ3n) is 5.24. The smallest absolute Gasteiger partial charge is 0.158 e. The quantitative estimate of drug-likeness (QED) is 0.684. The zero-order valence-corrected chi connectivity index (χ0v) is 17.8. The summed E-state index contributed by atoms with van der Waals surface area (Å²) < 4.78 is 10.5. The molecule has 0 unspecified atom stereocenters. The van der Waals surface area contributed by atoms with E-state index in [1.54, 1.807) is 0 Å². The van der Waals surface area contributed by atoms with Gasteiger partial charge in [0.1, 0.15) is 5.52 Å².